The number of hydrogen-bond acceptors (Lipinski definition) is 3. The fraction of sp³-hybridized carbons (Fsp3) is 0.533. The Bertz CT molecular complexity index is 554. The summed E-state index contributed by atoms with van der Waals surface area (Å²) in [5.41, 5.74) is 5.24. The highest BCUT2D eigenvalue weighted by Gasteiger charge is 2.16. The Labute approximate surface area is 119 Å². The van der Waals surface area contributed by atoms with Gasteiger partial charge < -0.3 is 5.32 Å². The summed E-state index contributed by atoms with van der Waals surface area (Å²) in [6, 6.07) is 2.64. The molecule has 0 aromatic carbocycles. The highest BCUT2D eigenvalue weighted by atomic mass is 32.1. The van der Waals surface area contributed by atoms with E-state index in [-0.39, 0.29) is 0 Å². The Balaban J connectivity index is 2.11. The maximum Gasteiger partial charge on any atom is 0.0628 e. The molecule has 1 atom stereocenters. The highest BCUT2D eigenvalue weighted by molar-refractivity contribution is 7.10. The lowest BCUT2D eigenvalue weighted by Gasteiger charge is -2.16. The lowest BCUT2D eigenvalue weighted by Crippen LogP contribution is -2.17. The van der Waals surface area contributed by atoms with Crippen LogP contribution in [-0.4, -0.2) is 16.8 Å². The predicted octanol–water partition coefficient (Wildman–Crippen LogP) is 3.30. The molecular formula is C15H23N3S. The largest absolute Gasteiger partial charge is 0.312 e. The third kappa shape index (κ3) is 2.90. The van der Waals surface area contributed by atoms with Gasteiger partial charge in [0, 0.05) is 23.7 Å². The van der Waals surface area contributed by atoms with Crippen molar-refractivity contribution < 1.29 is 0 Å². The van der Waals surface area contributed by atoms with Crippen molar-refractivity contribution in [2.45, 2.75) is 39.7 Å². The third-order valence-electron chi connectivity index (χ3n) is 3.91. The topological polar surface area (TPSA) is 29.9 Å². The maximum absolute atomic E-state index is 4.49. The van der Waals surface area contributed by atoms with Crippen molar-refractivity contribution in [2.75, 3.05) is 7.05 Å². The van der Waals surface area contributed by atoms with E-state index in [1.807, 2.05) is 30.1 Å². The lowest BCUT2D eigenvalue weighted by atomic mass is 10.0. The molecule has 0 spiro atoms. The first-order chi connectivity index (χ1) is 9.04. The van der Waals surface area contributed by atoms with Gasteiger partial charge in [-0.3, -0.25) is 4.68 Å². The van der Waals surface area contributed by atoms with Gasteiger partial charge in [-0.05, 0) is 63.2 Å². The summed E-state index contributed by atoms with van der Waals surface area (Å²) in [5.74, 6) is 0. The minimum atomic E-state index is 0.444. The Hall–Kier alpha value is -1.13. The SMILES string of the molecule is CNC(CCc1c(C)nn(C)c1C)c1sccc1C. The molecule has 0 radical (unpaired) electrons. The van der Waals surface area contributed by atoms with Crippen LogP contribution in [0.5, 0.6) is 0 Å². The number of rotatable bonds is 5. The molecule has 0 aliphatic carbocycles. The molecule has 0 saturated carbocycles. The number of aryl methyl sites for hydroxylation is 3. The molecule has 2 heterocycles. The average molecular weight is 277 g/mol. The van der Waals surface area contributed by atoms with Crippen LogP contribution >= 0.6 is 11.3 Å². The number of nitrogens with zero attached hydrogens (tertiary/aromatic N) is 2. The Morgan fingerprint density at radius 3 is 2.58 bits per heavy atom. The second-order valence-corrected chi connectivity index (χ2v) is 6.07. The molecule has 4 heteroatoms. The summed E-state index contributed by atoms with van der Waals surface area (Å²) in [4.78, 5) is 1.46. The van der Waals surface area contributed by atoms with Crippen molar-refractivity contribution in [1.82, 2.24) is 15.1 Å². The molecule has 0 amide bonds. The van der Waals surface area contributed by atoms with E-state index in [0.29, 0.717) is 6.04 Å². The molecule has 2 aromatic rings. The molecule has 19 heavy (non-hydrogen) atoms. The van der Waals surface area contributed by atoms with E-state index in [9.17, 15) is 0 Å². The van der Waals surface area contributed by atoms with Gasteiger partial charge in [0.2, 0.25) is 0 Å². The second-order valence-electron chi connectivity index (χ2n) is 5.12. The van der Waals surface area contributed by atoms with Crippen molar-refractivity contribution in [3.63, 3.8) is 0 Å². The van der Waals surface area contributed by atoms with E-state index in [1.165, 1.54) is 21.7 Å². The van der Waals surface area contributed by atoms with Crippen molar-refractivity contribution in [3.8, 4) is 0 Å². The Morgan fingerprint density at radius 2 is 2.11 bits per heavy atom. The van der Waals surface area contributed by atoms with Gasteiger partial charge in [0.05, 0.1) is 5.69 Å². The zero-order chi connectivity index (χ0) is 14.0. The average Bonchev–Trinajstić information content (AvgIpc) is 2.89. The van der Waals surface area contributed by atoms with Gasteiger partial charge in [-0.15, -0.1) is 11.3 Å². The first-order valence-electron chi connectivity index (χ1n) is 6.75. The molecule has 0 aliphatic rings. The van der Waals surface area contributed by atoms with E-state index in [0.717, 1.165) is 18.5 Å². The zero-order valence-corrected chi connectivity index (χ0v) is 13.3. The van der Waals surface area contributed by atoms with Gasteiger partial charge in [-0.25, -0.2) is 0 Å². The number of aromatic nitrogens is 2. The van der Waals surface area contributed by atoms with E-state index >= 15 is 0 Å². The normalized spacial score (nSPS) is 12.9. The molecule has 0 bridgehead atoms. The second kappa shape index (κ2) is 5.88. The first-order valence-corrected chi connectivity index (χ1v) is 7.63. The van der Waals surface area contributed by atoms with Crippen LogP contribution in [-0.2, 0) is 13.5 Å². The van der Waals surface area contributed by atoms with E-state index in [2.05, 4.69) is 42.6 Å². The number of hydrogen-bond donors (Lipinski definition) is 1. The van der Waals surface area contributed by atoms with Gasteiger partial charge in [-0.1, -0.05) is 0 Å². The van der Waals surface area contributed by atoms with Gasteiger partial charge in [0.1, 0.15) is 0 Å². The highest BCUT2D eigenvalue weighted by Crippen LogP contribution is 2.28. The minimum Gasteiger partial charge on any atom is -0.312 e. The molecule has 104 valence electrons. The molecule has 3 nitrogen and oxygen atoms in total. The van der Waals surface area contributed by atoms with Crippen LogP contribution in [0.15, 0.2) is 11.4 Å². The van der Waals surface area contributed by atoms with E-state index in [4.69, 9.17) is 0 Å². The quantitative estimate of drug-likeness (QED) is 0.909. The van der Waals surface area contributed by atoms with Crippen molar-refractivity contribution >= 4 is 11.3 Å². The van der Waals surface area contributed by atoms with E-state index in [1.54, 1.807) is 0 Å². The van der Waals surface area contributed by atoms with Crippen LogP contribution in [0.25, 0.3) is 0 Å². The number of nitrogens with one attached hydrogen (secondary N) is 1. The standard InChI is InChI=1S/C15H23N3S/c1-10-8-9-19-15(10)14(16-4)7-6-13-11(2)17-18(5)12(13)3/h8-9,14,16H,6-7H2,1-5H3. The molecule has 2 rings (SSSR count). The van der Waals surface area contributed by atoms with E-state index < -0.39 is 0 Å². The molecule has 0 aliphatic heterocycles. The third-order valence-corrected chi connectivity index (χ3v) is 5.04. The summed E-state index contributed by atoms with van der Waals surface area (Å²) in [6.45, 7) is 6.45. The monoisotopic (exact) mass is 277 g/mol. The van der Waals surface area contributed by atoms with Crippen LogP contribution in [0, 0.1) is 20.8 Å². The van der Waals surface area contributed by atoms with Gasteiger partial charge >= 0.3 is 0 Å². The smallest absolute Gasteiger partial charge is 0.0628 e. The summed E-state index contributed by atoms with van der Waals surface area (Å²) in [6.07, 6.45) is 2.19. The Morgan fingerprint density at radius 1 is 1.37 bits per heavy atom. The van der Waals surface area contributed by atoms with Gasteiger partial charge in [0.25, 0.3) is 0 Å². The van der Waals surface area contributed by atoms with Gasteiger partial charge in [-0.2, -0.15) is 5.10 Å². The number of thiophene rings is 1. The maximum atomic E-state index is 4.49. The molecule has 1 N–H and O–H groups in total. The van der Waals surface area contributed by atoms with Crippen LogP contribution in [0.4, 0.5) is 0 Å². The summed E-state index contributed by atoms with van der Waals surface area (Å²) < 4.78 is 1.98. The lowest BCUT2D eigenvalue weighted by molar-refractivity contribution is 0.554. The van der Waals surface area contributed by atoms with Crippen molar-refractivity contribution in [1.29, 1.82) is 0 Å². The van der Waals surface area contributed by atoms with Crippen LogP contribution in [0.3, 0.4) is 0 Å². The molecule has 1 unspecified atom stereocenters. The molecule has 2 aromatic heterocycles. The molecule has 0 saturated heterocycles. The summed E-state index contributed by atoms with van der Waals surface area (Å²) >= 11 is 1.85. The fourth-order valence-electron chi connectivity index (χ4n) is 2.62. The predicted molar refractivity (Wildman–Crippen MR) is 81.9 cm³/mol. The van der Waals surface area contributed by atoms with Gasteiger partial charge in [0.15, 0.2) is 0 Å². The zero-order valence-electron chi connectivity index (χ0n) is 12.4. The van der Waals surface area contributed by atoms with Crippen LogP contribution < -0.4 is 5.32 Å². The van der Waals surface area contributed by atoms with Crippen LogP contribution in [0.2, 0.25) is 0 Å². The molecule has 0 fully saturated rings. The molecular weight excluding hydrogens is 254 g/mol. The van der Waals surface area contributed by atoms with Crippen LogP contribution in [0.1, 0.15) is 39.9 Å². The van der Waals surface area contributed by atoms with Crippen molar-refractivity contribution in [3.05, 3.63) is 38.8 Å². The Kier molecular flexibility index (Phi) is 4.42. The minimum absolute atomic E-state index is 0.444. The fourth-order valence-corrected chi connectivity index (χ4v) is 3.69. The summed E-state index contributed by atoms with van der Waals surface area (Å²) in [7, 11) is 4.07. The van der Waals surface area contributed by atoms with Crippen molar-refractivity contribution in [2.24, 2.45) is 7.05 Å². The first kappa shape index (κ1) is 14.3. The summed E-state index contributed by atoms with van der Waals surface area (Å²) in [5, 5.41) is 10.1.